The molecule has 4 fully saturated rings. The third-order valence-corrected chi connectivity index (χ3v) is 25.3. The van der Waals surface area contributed by atoms with E-state index in [9.17, 15) is 39.0 Å². The van der Waals surface area contributed by atoms with E-state index in [-0.39, 0.29) is 84.9 Å². The SMILES string of the molecule is COc1cccc2cc(C3=C4C(N)=NC=NC4[N+](C4CCC(C(=O)NCCOCCOCCOCCOCCOCCOCCn5cc(CCCCO[C@@H]6CC[C@@H](C[C@@H](C)[C@@H]7CC(=O)[C@H](C)/C=C(\C)[C@@H](O)[C@@H](OC)C(=O)[C@H](C)C[C@H](C)/C=C/C=C/C=C(\C)[C@@H](OC)C[C@@H]8CC[C@@H](C)[C@@](O)(O8)C(=O)C(=O)N8CCCC[C@H]8C(=O)O7)C[C@H]6OC)nn5)CC4)=N3)[nH]c12. The number of Topliss-reactive ketones (excluding diaryl/α,β-unsaturated/α-hetero) is 3. The zero-order valence-corrected chi connectivity index (χ0v) is 74.8. The number of esters is 1. The molecular formula is C92H138N11O21+. The van der Waals surface area contributed by atoms with Gasteiger partial charge >= 0.3 is 12.1 Å². The van der Waals surface area contributed by atoms with Gasteiger partial charge in [0.15, 0.2) is 17.5 Å². The van der Waals surface area contributed by atoms with Crippen molar-refractivity contribution >= 4 is 63.9 Å². The highest BCUT2D eigenvalue weighted by Crippen LogP contribution is 2.42. The summed E-state index contributed by atoms with van der Waals surface area (Å²) >= 11 is 0. The lowest BCUT2D eigenvalue weighted by Gasteiger charge is -2.42. The number of nitrogens with one attached hydrogen (secondary N) is 2. The van der Waals surface area contributed by atoms with Gasteiger partial charge in [0.1, 0.15) is 53.6 Å². The van der Waals surface area contributed by atoms with Gasteiger partial charge in [0.05, 0.1) is 134 Å². The number of aliphatic hydroxyl groups excluding tert-OH is 1. The van der Waals surface area contributed by atoms with Gasteiger partial charge in [-0.1, -0.05) is 93.1 Å². The van der Waals surface area contributed by atoms with Gasteiger partial charge in [-0.15, -0.1) is 5.10 Å². The van der Waals surface area contributed by atoms with Gasteiger partial charge in [0.25, 0.3) is 11.7 Å². The first-order valence-electron chi connectivity index (χ1n) is 44.9. The van der Waals surface area contributed by atoms with E-state index in [0.717, 1.165) is 97.0 Å². The Morgan fingerprint density at radius 2 is 1.48 bits per heavy atom. The van der Waals surface area contributed by atoms with E-state index >= 15 is 0 Å². The lowest BCUT2D eigenvalue weighted by atomic mass is 9.78. The van der Waals surface area contributed by atoms with E-state index in [0.29, 0.717) is 167 Å². The smallest absolute Gasteiger partial charge is 0.329 e. The molecule has 3 aromatic rings. The first-order valence-corrected chi connectivity index (χ1v) is 44.9. The number of nitrogens with zero attached hydrogens (tertiary/aromatic N) is 8. The molecular weight excluding hydrogens is 1600 g/mol. The van der Waals surface area contributed by atoms with Gasteiger partial charge < -0.3 is 92.7 Å². The number of para-hydroxylation sites is 1. The van der Waals surface area contributed by atoms with Crippen LogP contribution in [0.5, 0.6) is 5.75 Å². The van der Waals surface area contributed by atoms with E-state index in [2.05, 4.69) is 30.6 Å². The molecule has 124 heavy (non-hydrogen) atoms. The number of allylic oxidation sites excluding steroid dienone is 6. The minimum Gasteiger partial charge on any atom is -0.495 e. The molecule has 2 aromatic heterocycles. The maximum absolute atomic E-state index is 14.8. The number of benzene rings is 1. The first-order chi connectivity index (χ1) is 59.9. The van der Waals surface area contributed by atoms with Crippen molar-refractivity contribution in [1.29, 1.82) is 0 Å². The number of ketones is 3. The number of hydrogen-bond acceptors (Lipinski definition) is 27. The normalized spacial score (nSPS) is 30.4. The van der Waals surface area contributed by atoms with E-state index < -0.39 is 77.8 Å². The zero-order valence-electron chi connectivity index (χ0n) is 74.8. The van der Waals surface area contributed by atoms with Gasteiger partial charge in [-0.2, -0.15) is 4.99 Å². The van der Waals surface area contributed by atoms with Crippen molar-refractivity contribution in [2.75, 3.05) is 127 Å². The average molecular weight is 1730 g/mol. The number of nitrogens with two attached hydrogens (primary N) is 1. The molecule has 7 heterocycles. The number of piperidine rings is 1. The molecule has 1 unspecified atom stereocenters. The molecule has 32 heteroatoms. The van der Waals surface area contributed by atoms with Crippen molar-refractivity contribution in [3.05, 3.63) is 95.0 Å². The molecule has 2 saturated carbocycles. The van der Waals surface area contributed by atoms with Crippen LogP contribution in [0.4, 0.5) is 0 Å². The number of cyclic esters (lactones) is 1. The topological polar surface area (TPSA) is 391 Å². The van der Waals surface area contributed by atoms with E-state index in [1.165, 1.54) is 18.3 Å². The predicted octanol–water partition coefficient (Wildman–Crippen LogP) is 9.70. The molecule has 10 rings (SSSR count). The quantitative estimate of drug-likeness (QED) is 0.0118. The summed E-state index contributed by atoms with van der Waals surface area (Å²) in [6.07, 6.45) is 20.3. The number of H-pyrrole nitrogens is 1. The standard InChI is InChI=1S/C92H137N11O21/c1-59-20-13-12-14-21-60(2)77(113-9)55-71-32-26-65(7)92(111,124-71)86(107)90(109)102-35-17-15-24-73(102)91(110)123-78(56-74(104)61(3)51-64(6)84(106)85(115-11)83(105)63(5)50-59)62(4)52-66-27-33-75(79(53-66)114-10)122-37-18-16-23-69-57-101(100-98-69)36-39-117-41-43-119-45-47-121-49-48-120-46-44-118-42-40-116-38-34-94-89(108)67-28-30-70(31-29-67)103-88-80(87(93)95-58-96-88)82(99-103)72-54-68-22-19-25-76(112-8)81(68)97-72/h12-14,19-22,25,51,54,57-59,61-63,65-67,70-71,73,75,77-79,84-85,88,106,111H,15-18,23-24,26-50,52-53,55-56H2,1-11H3,(H3-,93,94,95,96,97,99,108)/p+1/b14-12+,20-13+,60-21+,64-51+/t59-,61-,62-,63-,65-,66+,67?,70?,71+,73+,75-,77+,78+,79-,84-,85+,88?,92-/m1/s1. The van der Waals surface area contributed by atoms with Crippen LogP contribution < -0.4 is 15.8 Å². The average Bonchev–Trinajstić information content (AvgIpc) is 1.51. The minimum atomic E-state index is -2.46. The molecule has 2 aliphatic carbocycles. The summed E-state index contributed by atoms with van der Waals surface area (Å²) in [6.45, 7) is 19.4. The second-order valence-corrected chi connectivity index (χ2v) is 34.3. The van der Waals surface area contributed by atoms with E-state index in [1.807, 2.05) is 93.2 Å². The van der Waals surface area contributed by atoms with Gasteiger partial charge in [-0.3, -0.25) is 24.0 Å². The molecule has 2 bridgehead atoms. The Kier molecular flexibility index (Phi) is 39.6. The molecule has 0 radical (unpaired) electrons. The summed E-state index contributed by atoms with van der Waals surface area (Å²) in [6, 6.07) is 6.84. The van der Waals surface area contributed by atoms with Crippen LogP contribution in [0.3, 0.4) is 0 Å². The van der Waals surface area contributed by atoms with Crippen LogP contribution in [0.25, 0.3) is 16.6 Å². The number of rotatable bonds is 37. The van der Waals surface area contributed by atoms with Crippen molar-refractivity contribution in [1.82, 2.24) is 30.2 Å². The number of hydrogen-bond donors (Lipinski definition) is 5. The molecule has 2 amide bonds. The molecule has 16 atom stereocenters. The fraction of sp³-hybridized carbons (Fsp3) is 0.696. The lowest BCUT2D eigenvalue weighted by Crippen LogP contribution is -2.61. The van der Waals surface area contributed by atoms with Crippen LogP contribution >= 0.6 is 0 Å². The first kappa shape index (κ1) is 98.2. The monoisotopic (exact) mass is 1730 g/mol. The van der Waals surface area contributed by atoms with Crippen molar-refractivity contribution in [2.24, 2.45) is 62.3 Å². The van der Waals surface area contributed by atoms with Crippen LogP contribution in [0.2, 0.25) is 0 Å². The number of amidine groups is 1. The lowest BCUT2D eigenvalue weighted by molar-refractivity contribution is -0.645. The molecule has 5 aliphatic heterocycles. The molecule has 0 spiro atoms. The van der Waals surface area contributed by atoms with Crippen molar-refractivity contribution in [2.45, 2.75) is 244 Å². The summed E-state index contributed by atoms with van der Waals surface area (Å²) < 4.78 is 80.3. The van der Waals surface area contributed by atoms with Gasteiger partial charge in [0, 0.05) is 102 Å². The number of carbonyl (C=O) groups excluding carboxylic acids is 6. The van der Waals surface area contributed by atoms with E-state index in [1.54, 1.807) is 52.9 Å². The number of azo groups is 2. The number of carbonyl (C=O) groups is 6. The maximum atomic E-state index is 14.8. The van der Waals surface area contributed by atoms with Gasteiger partial charge in [-0.05, 0) is 156 Å². The predicted molar refractivity (Wildman–Crippen MR) is 464 cm³/mol. The van der Waals surface area contributed by atoms with Gasteiger partial charge in [0.2, 0.25) is 11.7 Å². The number of fused-ring (bicyclic) bond motifs is 5. The fourth-order valence-corrected chi connectivity index (χ4v) is 17.9. The zero-order chi connectivity index (χ0) is 88.7. The highest BCUT2D eigenvalue weighted by molar-refractivity contribution is 6.39. The number of methoxy groups -OCH3 is 4. The summed E-state index contributed by atoms with van der Waals surface area (Å²) in [4.78, 5) is 99.1. The van der Waals surface area contributed by atoms with Crippen LogP contribution in [-0.4, -0.2) is 281 Å². The number of aliphatic hydroxyl groups is 2. The van der Waals surface area contributed by atoms with Crippen LogP contribution in [0, 0.1) is 41.4 Å². The Hall–Kier alpha value is -7.96. The number of unbranched alkanes of at least 4 members (excludes halogenated alkanes) is 1. The third-order valence-electron chi connectivity index (χ3n) is 25.3. The number of ether oxygens (including phenoxy) is 13. The van der Waals surface area contributed by atoms with Crippen molar-refractivity contribution < 1.29 is 105 Å². The third kappa shape index (κ3) is 27.8. The van der Waals surface area contributed by atoms with Crippen molar-refractivity contribution in [3.63, 3.8) is 0 Å². The van der Waals surface area contributed by atoms with Crippen LogP contribution in [-0.2, 0) is 98.6 Å². The number of aromatic amines is 1. The Morgan fingerprint density at radius 1 is 0.774 bits per heavy atom. The second-order valence-electron chi connectivity index (χ2n) is 34.3. The fourth-order valence-electron chi connectivity index (χ4n) is 17.9. The Balaban J connectivity index is 0.570. The highest BCUT2D eigenvalue weighted by Gasteiger charge is 2.54. The Morgan fingerprint density at radius 3 is 2.18 bits per heavy atom. The number of amides is 2. The molecule has 2 saturated heterocycles. The van der Waals surface area contributed by atoms with Crippen molar-refractivity contribution in [3.8, 4) is 5.75 Å². The van der Waals surface area contributed by atoms with E-state index in [4.69, 9.17) is 72.4 Å². The van der Waals surface area contributed by atoms with Crippen LogP contribution in [0.1, 0.15) is 175 Å². The van der Waals surface area contributed by atoms with Gasteiger partial charge in [-0.25, -0.2) is 14.5 Å². The largest absolute Gasteiger partial charge is 0.495 e. The molecule has 6 N–H and O–H groups in total. The number of aryl methyl sites for hydroxylation is 1. The maximum Gasteiger partial charge on any atom is 0.329 e. The number of aromatic nitrogens is 4. The van der Waals surface area contributed by atoms with Crippen LogP contribution in [0.15, 0.2) is 98.7 Å². The minimum absolute atomic E-state index is 0.00409. The molecule has 32 nitrogen and oxygen atoms in total. The molecule has 1 aromatic carbocycles. The summed E-state index contributed by atoms with van der Waals surface area (Å²) in [7, 11) is 6.30. The Labute approximate surface area is 730 Å². The highest BCUT2D eigenvalue weighted by atomic mass is 16.6. The summed E-state index contributed by atoms with van der Waals surface area (Å²) in [5.74, 6) is -7.09. The summed E-state index contributed by atoms with van der Waals surface area (Å²) in [5.41, 5.74) is 11.8. The second kappa shape index (κ2) is 50.0. The molecule has 686 valence electrons. The Bertz CT molecular complexity index is 4200. The molecule has 7 aliphatic rings. The summed E-state index contributed by atoms with van der Waals surface area (Å²) in [5, 5.41) is 41.6. The number of aliphatic imine (C=N–C) groups is 2.